The molecular formula is C11H14N2O2. The van der Waals surface area contributed by atoms with E-state index in [0.717, 1.165) is 5.56 Å². The van der Waals surface area contributed by atoms with Crippen LogP contribution < -0.4 is 10.8 Å². The standard InChI is InChI=1S/C11H14N2O2/c1-2-8-12-11(14)13-15-9-10-6-4-3-5-7-10/h2-7H,1,8-9H2,(H2,12,13,14). The highest BCUT2D eigenvalue weighted by Gasteiger charge is 1.97. The van der Waals surface area contributed by atoms with Gasteiger partial charge in [0.05, 0.1) is 6.61 Å². The number of carbonyl (C=O) groups is 1. The van der Waals surface area contributed by atoms with Crippen molar-refractivity contribution in [1.29, 1.82) is 0 Å². The Hall–Kier alpha value is -1.81. The van der Waals surface area contributed by atoms with E-state index in [2.05, 4.69) is 17.4 Å². The van der Waals surface area contributed by atoms with Crippen LogP contribution in [0.5, 0.6) is 0 Å². The van der Waals surface area contributed by atoms with Gasteiger partial charge in [0, 0.05) is 6.54 Å². The summed E-state index contributed by atoms with van der Waals surface area (Å²) >= 11 is 0. The molecule has 0 fully saturated rings. The van der Waals surface area contributed by atoms with Gasteiger partial charge in [0.2, 0.25) is 0 Å². The zero-order chi connectivity index (χ0) is 10.9. The summed E-state index contributed by atoms with van der Waals surface area (Å²) in [7, 11) is 0. The number of nitrogens with one attached hydrogen (secondary N) is 2. The van der Waals surface area contributed by atoms with Crippen LogP contribution in [0.3, 0.4) is 0 Å². The lowest BCUT2D eigenvalue weighted by Gasteiger charge is -2.06. The molecule has 0 saturated carbocycles. The number of benzene rings is 1. The molecular weight excluding hydrogens is 192 g/mol. The van der Waals surface area contributed by atoms with Gasteiger partial charge in [-0.3, -0.25) is 4.84 Å². The third kappa shape index (κ3) is 4.83. The van der Waals surface area contributed by atoms with E-state index in [1.807, 2.05) is 30.3 Å². The fraction of sp³-hybridized carbons (Fsp3) is 0.182. The maximum atomic E-state index is 11.0. The SMILES string of the molecule is C=CCNC(=O)NOCc1ccccc1. The number of hydroxylamine groups is 1. The number of amides is 2. The highest BCUT2D eigenvalue weighted by Crippen LogP contribution is 1.98. The third-order valence-corrected chi connectivity index (χ3v) is 1.65. The molecule has 0 spiro atoms. The molecule has 4 heteroatoms. The first-order valence-corrected chi connectivity index (χ1v) is 4.63. The Morgan fingerprint density at radius 1 is 1.40 bits per heavy atom. The van der Waals surface area contributed by atoms with Gasteiger partial charge >= 0.3 is 6.03 Å². The highest BCUT2D eigenvalue weighted by atomic mass is 16.7. The Kier molecular flexibility index (Phi) is 4.97. The van der Waals surface area contributed by atoms with Crippen molar-refractivity contribution in [2.45, 2.75) is 6.61 Å². The van der Waals surface area contributed by atoms with Gasteiger partial charge < -0.3 is 5.32 Å². The minimum Gasteiger partial charge on any atom is -0.333 e. The molecule has 0 heterocycles. The molecule has 0 bridgehead atoms. The van der Waals surface area contributed by atoms with Crippen LogP contribution in [0.4, 0.5) is 4.79 Å². The molecule has 0 aliphatic carbocycles. The summed E-state index contributed by atoms with van der Waals surface area (Å²) in [4.78, 5) is 16.0. The molecule has 4 nitrogen and oxygen atoms in total. The van der Waals surface area contributed by atoms with Crippen LogP contribution in [0, 0.1) is 0 Å². The average Bonchev–Trinajstić information content (AvgIpc) is 2.28. The monoisotopic (exact) mass is 206 g/mol. The zero-order valence-electron chi connectivity index (χ0n) is 8.40. The van der Waals surface area contributed by atoms with Crippen molar-refractivity contribution >= 4 is 6.03 Å². The van der Waals surface area contributed by atoms with E-state index in [9.17, 15) is 4.79 Å². The van der Waals surface area contributed by atoms with Crippen molar-refractivity contribution in [3.05, 3.63) is 48.6 Å². The Morgan fingerprint density at radius 2 is 2.13 bits per heavy atom. The van der Waals surface area contributed by atoms with Crippen LogP contribution in [0.2, 0.25) is 0 Å². The van der Waals surface area contributed by atoms with Gasteiger partial charge in [-0.05, 0) is 5.56 Å². The first-order valence-electron chi connectivity index (χ1n) is 4.63. The van der Waals surface area contributed by atoms with Gasteiger partial charge in [0.25, 0.3) is 0 Å². The van der Waals surface area contributed by atoms with E-state index in [1.54, 1.807) is 6.08 Å². The smallest absolute Gasteiger partial charge is 0.333 e. The Labute approximate surface area is 88.9 Å². The molecule has 0 aromatic heterocycles. The summed E-state index contributed by atoms with van der Waals surface area (Å²) < 4.78 is 0. The fourth-order valence-electron chi connectivity index (χ4n) is 0.960. The minimum atomic E-state index is -0.370. The molecule has 15 heavy (non-hydrogen) atoms. The molecule has 0 aliphatic rings. The Bertz CT molecular complexity index is 312. The summed E-state index contributed by atoms with van der Waals surface area (Å²) in [5, 5.41) is 2.53. The lowest BCUT2D eigenvalue weighted by molar-refractivity contribution is 0.0494. The highest BCUT2D eigenvalue weighted by molar-refractivity contribution is 5.72. The first kappa shape index (κ1) is 11.3. The summed E-state index contributed by atoms with van der Waals surface area (Å²) in [6, 6.07) is 9.22. The number of rotatable bonds is 5. The van der Waals surface area contributed by atoms with E-state index in [4.69, 9.17) is 4.84 Å². The van der Waals surface area contributed by atoms with E-state index < -0.39 is 0 Å². The molecule has 0 aliphatic heterocycles. The van der Waals surface area contributed by atoms with Crippen LogP contribution in [0.25, 0.3) is 0 Å². The molecule has 0 saturated heterocycles. The Balaban J connectivity index is 2.16. The molecule has 0 atom stereocenters. The van der Waals surface area contributed by atoms with Crippen molar-refractivity contribution in [1.82, 2.24) is 10.8 Å². The van der Waals surface area contributed by atoms with Gasteiger partial charge in [-0.25, -0.2) is 10.3 Å². The predicted molar refractivity (Wildman–Crippen MR) is 58.0 cm³/mol. The number of carbonyl (C=O) groups excluding carboxylic acids is 1. The van der Waals surface area contributed by atoms with Crippen molar-refractivity contribution in [2.24, 2.45) is 0 Å². The van der Waals surface area contributed by atoms with Gasteiger partial charge in [0.15, 0.2) is 0 Å². The van der Waals surface area contributed by atoms with Gasteiger partial charge in [-0.2, -0.15) is 0 Å². The van der Waals surface area contributed by atoms with E-state index >= 15 is 0 Å². The maximum absolute atomic E-state index is 11.0. The van der Waals surface area contributed by atoms with Crippen molar-refractivity contribution in [3.8, 4) is 0 Å². The van der Waals surface area contributed by atoms with Crippen LogP contribution in [-0.2, 0) is 11.4 Å². The summed E-state index contributed by atoms with van der Waals surface area (Å²) in [5.41, 5.74) is 3.27. The fourth-order valence-corrected chi connectivity index (χ4v) is 0.960. The maximum Gasteiger partial charge on any atom is 0.338 e. The molecule has 80 valence electrons. The van der Waals surface area contributed by atoms with Crippen LogP contribution in [-0.4, -0.2) is 12.6 Å². The molecule has 1 aromatic carbocycles. The van der Waals surface area contributed by atoms with E-state index in [1.165, 1.54) is 0 Å². The number of hydrogen-bond donors (Lipinski definition) is 2. The second kappa shape index (κ2) is 6.62. The van der Waals surface area contributed by atoms with Crippen molar-refractivity contribution < 1.29 is 9.63 Å². The summed E-state index contributed by atoms with van der Waals surface area (Å²) in [5.74, 6) is 0. The van der Waals surface area contributed by atoms with Crippen molar-refractivity contribution in [2.75, 3.05) is 6.54 Å². The minimum absolute atomic E-state index is 0.350. The predicted octanol–water partition coefficient (Wildman–Crippen LogP) is 1.60. The second-order valence-corrected chi connectivity index (χ2v) is 2.88. The zero-order valence-corrected chi connectivity index (χ0v) is 8.40. The largest absolute Gasteiger partial charge is 0.338 e. The van der Waals surface area contributed by atoms with Gasteiger partial charge in [0.1, 0.15) is 0 Å². The molecule has 0 radical (unpaired) electrons. The molecule has 2 amide bonds. The quantitative estimate of drug-likeness (QED) is 0.568. The number of urea groups is 1. The van der Waals surface area contributed by atoms with E-state index in [0.29, 0.717) is 13.2 Å². The van der Waals surface area contributed by atoms with Gasteiger partial charge in [-0.15, -0.1) is 6.58 Å². The molecule has 1 aromatic rings. The normalized spacial score (nSPS) is 9.33. The van der Waals surface area contributed by atoms with E-state index in [-0.39, 0.29) is 6.03 Å². The summed E-state index contributed by atoms with van der Waals surface area (Å²) in [6.07, 6.45) is 1.59. The lowest BCUT2D eigenvalue weighted by Crippen LogP contribution is -2.35. The second-order valence-electron chi connectivity index (χ2n) is 2.88. The summed E-state index contributed by atoms with van der Waals surface area (Å²) in [6.45, 7) is 4.24. The molecule has 1 rings (SSSR count). The van der Waals surface area contributed by atoms with Crippen LogP contribution in [0.1, 0.15) is 5.56 Å². The Morgan fingerprint density at radius 3 is 2.80 bits per heavy atom. The van der Waals surface area contributed by atoms with Crippen LogP contribution >= 0.6 is 0 Å². The molecule has 2 N–H and O–H groups in total. The molecule has 0 unspecified atom stereocenters. The first-order chi connectivity index (χ1) is 7.33. The third-order valence-electron chi connectivity index (χ3n) is 1.65. The average molecular weight is 206 g/mol. The number of hydrogen-bond acceptors (Lipinski definition) is 2. The van der Waals surface area contributed by atoms with Crippen LogP contribution in [0.15, 0.2) is 43.0 Å². The topological polar surface area (TPSA) is 50.4 Å². The van der Waals surface area contributed by atoms with Gasteiger partial charge in [-0.1, -0.05) is 36.4 Å². The van der Waals surface area contributed by atoms with Crippen molar-refractivity contribution in [3.63, 3.8) is 0 Å². The lowest BCUT2D eigenvalue weighted by atomic mass is 10.2.